The molecule has 0 aromatic heterocycles. The molecule has 4 nitrogen and oxygen atoms in total. The Morgan fingerprint density at radius 1 is 1.03 bits per heavy atom. The van der Waals surface area contributed by atoms with Crippen molar-refractivity contribution in [3.8, 4) is 0 Å². The van der Waals surface area contributed by atoms with E-state index in [1.54, 1.807) is 6.08 Å². The number of ketones is 1. The molecule has 0 aromatic rings. The molecule has 0 amide bonds. The van der Waals surface area contributed by atoms with E-state index in [2.05, 4.69) is 61.1 Å². The summed E-state index contributed by atoms with van der Waals surface area (Å²) in [4.78, 5) is 27.7. The van der Waals surface area contributed by atoms with Gasteiger partial charge >= 0.3 is 5.97 Å². The largest absolute Gasteiger partial charge is 0.465 e. The molecule has 4 fully saturated rings. The first-order chi connectivity index (χ1) is 17.6. The molecular weight excluding hydrogens is 472 g/mol. The van der Waals surface area contributed by atoms with Gasteiger partial charge in [-0.15, -0.1) is 6.58 Å². The average Bonchev–Trinajstić information content (AvgIpc) is 2.84. The second-order valence-electron chi connectivity index (χ2n) is 15.8. The fourth-order valence-corrected chi connectivity index (χ4v) is 10.8. The predicted molar refractivity (Wildman–Crippen MR) is 151 cm³/mol. The monoisotopic (exact) mass is 524 g/mol. The Morgan fingerprint density at radius 2 is 1.71 bits per heavy atom. The van der Waals surface area contributed by atoms with E-state index in [-0.39, 0.29) is 51.0 Å². The maximum atomic E-state index is 14.4. The highest BCUT2D eigenvalue weighted by molar-refractivity contribution is 5.95. The molecule has 0 spiro atoms. The van der Waals surface area contributed by atoms with E-state index in [4.69, 9.17) is 4.74 Å². The van der Waals surface area contributed by atoms with Crippen LogP contribution >= 0.6 is 0 Å². The average molecular weight is 525 g/mol. The van der Waals surface area contributed by atoms with E-state index >= 15 is 0 Å². The highest BCUT2D eigenvalue weighted by atomic mass is 16.5. The molecule has 0 saturated heterocycles. The zero-order chi connectivity index (χ0) is 27.9. The van der Waals surface area contributed by atoms with Crippen molar-refractivity contribution in [2.75, 3.05) is 6.61 Å². The Bertz CT molecular complexity index is 1060. The third kappa shape index (κ3) is 3.63. The molecule has 5 aliphatic rings. The molecule has 0 aliphatic heterocycles. The summed E-state index contributed by atoms with van der Waals surface area (Å²) >= 11 is 0. The SMILES string of the molecule is C=CCCOC(=O)[C@@]1(C)CC[C@]2(C)CC[C@]3(C)C(=CC(=O)C4[C@@]5(C)CC[C@H](O)C(C)(C)C5CC[C@]43C)[C@@H]2C1. The Kier molecular flexibility index (Phi) is 6.50. The highest BCUT2D eigenvalue weighted by Crippen LogP contribution is 2.75. The van der Waals surface area contributed by atoms with Gasteiger partial charge in [-0.05, 0) is 116 Å². The van der Waals surface area contributed by atoms with Gasteiger partial charge in [-0.1, -0.05) is 53.2 Å². The molecule has 0 heterocycles. The summed E-state index contributed by atoms with van der Waals surface area (Å²) in [5, 5.41) is 10.9. The second-order valence-corrected chi connectivity index (χ2v) is 15.8. The number of carbonyl (C=O) groups is 2. The zero-order valence-electron chi connectivity index (χ0n) is 25.1. The number of carbonyl (C=O) groups excluding carboxylic acids is 2. The van der Waals surface area contributed by atoms with Gasteiger partial charge in [0.2, 0.25) is 0 Å². The lowest BCUT2D eigenvalue weighted by Crippen LogP contribution is -2.66. The molecule has 38 heavy (non-hydrogen) atoms. The third-order valence-corrected chi connectivity index (χ3v) is 13.6. The van der Waals surface area contributed by atoms with E-state index in [1.165, 1.54) is 5.57 Å². The molecular formula is C34H52O4. The number of esters is 1. The Labute approximate surface area is 231 Å². The number of aliphatic hydroxyl groups is 1. The van der Waals surface area contributed by atoms with Crippen LogP contribution in [0.2, 0.25) is 0 Å². The molecule has 1 N–H and O–H groups in total. The van der Waals surface area contributed by atoms with E-state index in [9.17, 15) is 14.7 Å². The van der Waals surface area contributed by atoms with Crippen molar-refractivity contribution in [3.63, 3.8) is 0 Å². The molecule has 212 valence electrons. The van der Waals surface area contributed by atoms with Crippen LogP contribution in [0.1, 0.15) is 113 Å². The van der Waals surface area contributed by atoms with E-state index < -0.39 is 5.41 Å². The fraction of sp³-hybridized carbons (Fsp3) is 0.824. The maximum Gasteiger partial charge on any atom is 0.311 e. The first-order valence-corrected chi connectivity index (χ1v) is 15.3. The summed E-state index contributed by atoms with van der Waals surface area (Å²) in [7, 11) is 0. The lowest BCUT2D eigenvalue weighted by Gasteiger charge is -2.70. The van der Waals surface area contributed by atoms with Gasteiger partial charge in [0.25, 0.3) is 0 Å². The topological polar surface area (TPSA) is 63.6 Å². The Morgan fingerprint density at radius 3 is 2.39 bits per heavy atom. The van der Waals surface area contributed by atoms with Crippen LogP contribution in [0.3, 0.4) is 0 Å². The molecule has 9 atom stereocenters. The Balaban J connectivity index is 1.54. The number of ether oxygens (including phenoxy) is 1. The van der Waals surface area contributed by atoms with Crippen LogP contribution in [0.5, 0.6) is 0 Å². The van der Waals surface area contributed by atoms with Crippen LogP contribution in [0, 0.1) is 50.2 Å². The van der Waals surface area contributed by atoms with Crippen LogP contribution in [0.4, 0.5) is 0 Å². The molecule has 2 unspecified atom stereocenters. The van der Waals surface area contributed by atoms with Gasteiger partial charge < -0.3 is 9.84 Å². The number of hydrogen-bond donors (Lipinski definition) is 1. The van der Waals surface area contributed by atoms with Gasteiger partial charge in [0.05, 0.1) is 18.1 Å². The summed E-state index contributed by atoms with van der Waals surface area (Å²) < 4.78 is 5.71. The zero-order valence-corrected chi connectivity index (χ0v) is 25.1. The Hall–Kier alpha value is -1.42. The lowest BCUT2D eigenvalue weighted by molar-refractivity contribution is -0.202. The number of aliphatic hydroxyl groups excluding tert-OH is 1. The minimum atomic E-state index is -0.515. The van der Waals surface area contributed by atoms with Crippen molar-refractivity contribution in [2.24, 2.45) is 50.2 Å². The van der Waals surface area contributed by atoms with E-state index in [0.717, 1.165) is 57.8 Å². The first-order valence-electron chi connectivity index (χ1n) is 15.3. The van der Waals surface area contributed by atoms with Gasteiger partial charge in [-0.2, -0.15) is 0 Å². The van der Waals surface area contributed by atoms with Crippen LogP contribution in [-0.4, -0.2) is 29.6 Å². The van der Waals surface area contributed by atoms with Gasteiger partial charge in [-0.3, -0.25) is 9.59 Å². The molecule has 0 bridgehead atoms. The molecule has 0 radical (unpaired) electrons. The minimum Gasteiger partial charge on any atom is -0.465 e. The van der Waals surface area contributed by atoms with Gasteiger partial charge in [0.15, 0.2) is 5.78 Å². The standard InChI is InChI=1S/C34H52O4/c1-9-10-19-38-28(37)31(5)16-15-30(4)17-18-33(7)22(23(30)21-31)20-24(35)27-32(6)13-12-26(36)29(2,3)25(32)11-14-34(27,33)8/h9,20,23,25-27,36H,1,10-19,21H2,2-8H3/t23-,25?,26-,27?,30+,31-,32-,33+,34+/m0/s1. The van der Waals surface area contributed by atoms with Gasteiger partial charge in [0, 0.05) is 5.92 Å². The highest BCUT2D eigenvalue weighted by Gasteiger charge is 2.70. The van der Waals surface area contributed by atoms with Crippen LogP contribution in [0.15, 0.2) is 24.3 Å². The van der Waals surface area contributed by atoms with Crippen molar-refractivity contribution in [3.05, 3.63) is 24.3 Å². The van der Waals surface area contributed by atoms with Crippen LogP contribution < -0.4 is 0 Å². The van der Waals surface area contributed by atoms with E-state index in [0.29, 0.717) is 24.7 Å². The molecule has 5 aliphatic carbocycles. The first kappa shape index (κ1) is 28.1. The lowest BCUT2D eigenvalue weighted by atomic mass is 9.33. The molecule has 5 rings (SSSR count). The van der Waals surface area contributed by atoms with Crippen molar-refractivity contribution in [2.45, 2.75) is 119 Å². The number of rotatable bonds is 4. The fourth-order valence-electron chi connectivity index (χ4n) is 10.8. The maximum absolute atomic E-state index is 14.4. The van der Waals surface area contributed by atoms with Crippen LogP contribution in [0.25, 0.3) is 0 Å². The van der Waals surface area contributed by atoms with Crippen molar-refractivity contribution in [1.29, 1.82) is 0 Å². The normalized spacial score (nSPS) is 49.5. The molecule has 0 aromatic carbocycles. The summed E-state index contributed by atoms with van der Waals surface area (Å²) in [5.74, 6) is 0.777. The summed E-state index contributed by atoms with van der Waals surface area (Å²) in [6.45, 7) is 20.3. The summed E-state index contributed by atoms with van der Waals surface area (Å²) in [5.41, 5.74) is 0.478. The quantitative estimate of drug-likeness (QED) is 0.236. The third-order valence-electron chi connectivity index (χ3n) is 13.6. The minimum absolute atomic E-state index is 0.0162. The predicted octanol–water partition coefficient (Wildman–Crippen LogP) is 7.45. The van der Waals surface area contributed by atoms with Crippen LogP contribution in [-0.2, 0) is 14.3 Å². The molecule has 4 saturated carbocycles. The van der Waals surface area contributed by atoms with Crippen molar-refractivity contribution >= 4 is 11.8 Å². The van der Waals surface area contributed by atoms with Crippen molar-refractivity contribution < 1.29 is 19.4 Å². The van der Waals surface area contributed by atoms with Gasteiger partial charge in [0.1, 0.15) is 0 Å². The number of hydrogen-bond acceptors (Lipinski definition) is 4. The number of fused-ring (bicyclic) bond motifs is 7. The van der Waals surface area contributed by atoms with Crippen molar-refractivity contribution in [1.82, 2.24) is 0 Å². The summed E-state index contributed by atoms with van der Waals surface area (Å²) in [6.07, 6.45) is 12.9. The number of allylic oxidation sites excluding steroid dienone is 2. The summed E-state index contributed by atoms with van der Waals surface area (Å²) in [6, 6.07) is 0. The smallest absolute Gasteiger partial charge is 0.311 e. The second kappa shape index (κ2) is 8.79. The van der Waals surface area contributed by atoms with Gasteiger partial charge in [-0.25, -0.2) is 0 Å². The molecule has 4 heteroatoms. The van der Waals surface area contributed by atoms with E-state index in [1.807, 2.05) is 0 Å².